The first-order chi connectivity index (χ1) is 71.9. The summed E-state index contributed by atoms with van der Waals surface area (Å²) in [4.78, 5) is 108. The average molecular weight is 2090 g/mol. The van der Waals surface area contributed by atoms with Gasteiger partial charge in [0.05, 0.1) is 69.4 Å². The van der Waals surface area contributed by atoms with Gasteiger partial charge in [0.1, 0.15) is 37.1 Å². The molecular weight excluding hydrogens is 1900 g/mol. The van der Waals surface area contributed by atoms with Crippen LogP contribution in [0.5, 0.6) is 0 Å². The number of fused-ring (bicyclic) bond motifs is 1. The first kappa shape index (κ1) is 59.1. The predicted octanol–water partition coefficient (Wildman–Crippen LogP) is 8.27. The summed E-state index contributed by atoms with van der Waals surface area (Å²) in [5.41, 5.74) is 0.114. The molecule has 3 heterocycles. The molecule has 646 valence electrons. The molecule has 0 spiro atoms. The fourth-order valence-corrected chi connectivity index (χ4v) is 5.88. The number of aldehydes is 1. The molecule has 0 bridgehead atoms. The summed E-state index contributed by atoms with van der Waals surface area (Å²) in [6, 6.07) is 5.02. The van der Waals surface area contributed by atoms with E-state index in [0.717, 1.165) is 44.0 Å². The van der Waals surface area contributed by atoms with Crippen molar-refractivity contribution in [1.29, 1.82) is 11.9 Å². The number of H-pyrrole nitrogens is 1. The zero-order valence-corrected chi connectivity index (χ0v) is 80.1. The van der Waals surface area contributed by atoms with Crippen LogP contribution in [0.3, 0.4) is 0 Å². The van der Waals surface area contributed by atoms with Crippen molar-refractivity contribution in [3.63, 3.8) is 0 Å². The minimum atomic E-state index is -3.55. The van der Waals surface area contributed by atoms with Crippen molar-refractivity contribution < 1.29 is 277 Å². The summed E-state index contributed by atoms with van der Waals surface area (Å²) in [6.07, 6.45) is -63.3. The molecule has 3 aromatic rings. The summed E-state index contributed by atoms with van der Waals surface area (Å²) >= 11 is 4.72. The third-order valence-corrected chi connectivity index (χ3v) is 10.7. The molecule has 0 unspecified atom stereocenters. The number of allylic oxidation sites excluding steroid dienone is 2. The number of nitriles is 2. The van der Waals surface area contributed by atoms with E-state index in [0.29, 0.717) is 29.5 Å². The van der Waals surface area contributed by atoms with Crippen LogP contribution in [-0.4, -0.2) is 183 Å². The van der Waals surface area contributed by atoms with Gasteiger partial charge in [-0.25, -0.2) is 25.1 Å². The molecule has 5 saturated carbocycles. The van der Waals surface area contributed by atoms with Crippen LogP contribution in [0.1, 0.15) is 313 Å². The maximum atomic E-state index is 12.4. The number of Topliss-reactive ketones (excluding diaryl/α,β-unsaturated/α-hetero) is 1. The Morgan fingerprint density at radius 1 is 0.817 bits per heavy atom. The maximum Gasteiger partial charge on any atom is 1.00 e. The molecular formula is C79H137BBr2KN9NaO20PU. The van der Waals surface area contributed by atoms with Crippen LogP contribution < -0.4 is 96.6 Å². The van der Waals surface area contributed by atoms with Crippen molar-refractivity contribution in [2.75, 3.05) is 85.1 Å². The number of carboxylic acids is 1. The van der Waals surface area contributed by atoms with Crippen LogP contribution in [0.25, 0.3) is 22.3 Å². The number of aromatic amines is 1. The molecule has 1 amide bonds. The first-order valence-electron chi connectivity index (χ1n) is 57.3. The monoisotopic (exact) mass is 2080 g/mol. The normalized spacial score (nSPS) is 30.1. The Morgan fingerprint density at radius 3 is 1.59 bits per heavy atom. The molecule has 3 N–H and O–H groups in total. The Morgan fingerprint density at radius 2 is 1.27 bits per heavy atom. The molecule has 5 aliphatic rings. The maximum absolute atomic E-state index is 12.4. The SMILES string of the molecule is C.CC(C)(C)C(=O)OCn1ccc2c(-c3cn[nH]c3)ncnc21.CC(C)(C)[O-].CCOC(=O)CC(C)=O.CCOCC.CC[O-].CNOC.N#CCOP=O.[2H]C([2H])(Br)C([2H])([2H])C([2H])([2H])C([2H])([2H])Br.[2H]C1([2H])C(C(=O)N(C)OC)C([2H])([2H])C([2H])([2H])C1([2H])[2H].[2H]C1([2H])C(C(=O)O)C([2H])([2H])C([2H])([2H])C1([2H])[2H].[2H]C1([2H])C([2H])([2H])C([2H])([2H])C(C(=O)OCC)(C(=O)OCC)C1([2H])[2H].[2H]C1([2H])C([2H])([2H])C([2H])([2H])C([2H])(C=CC#N)C1([2H])[2H].[2H]C1([2H])C([2H])([2H])C([2H])([2H])C([2H])(C=O)C1([2H])[2H].[2H][B].[K+].[Na+].[U]. The van der Waals surface area contributed by atoms with E-state index in [2.05, 4.69) is 94.3 Å². The fourth-order valence-electron chi connectivity index (χ4n) is 5.58. The third-order valence-electron chi connectivity index (χ3n) is 10.1. The number of amides is 1. The van der Waals surface area contributed by atoms with Crippen LogP contribution >= 0.6 is 40.5 Å². The molecule has 2 radical (unpaired) electrons. The third kappa shape index (κ3) is 74.8. The zero-order valence-electron chi connectivity index (χ0n) is 118. The Balaban J connectivity index is -0.000000204. The molecule has 29 nitrogen and oxygen atoms in total. The van der Waals surface area contributed by atoms with E-state index in [1.54, 1.807) is 71.8 Å². The smallest absolute Gasteiger partial charge is 0.855 e. The molecule has 0 atom stereocenters. The van der Waals surface area contributed by atoms with Gasteiger partial charge in [-0.15, -0.1) is 12.2 Å². The number of alkyl halides is 2. The number of ether oxygens (including phenoxy) is 5. The number of carbonyl (C=O) groups is 8. The Bertz CT molecular complexity index is 5240. The van der Waals surface area contributed by atoms with Gasteiger partial charge in [-0.1, -0.05) is 137 Å². The molecule has 0 aromatic carbocycles. The molecule has 36 heteroatoms. The quantitative estimate of drug-likeness (QED) is 0.00767. The van der Waals surface area contributed by atoms with Gasteiger partial charge in [0, 0.05) is 187 Å². The number of carboxylic acid groups (broad SMARTS) is 1. The minimum absolute atomic E-state index is 0. The van der Waals surface area contributed by atoms with Gasteiger partial charge in [-0.05, 0) is 152 Å². The van der Waals surface area contributed by atoms with Crippen LogP contribution in [0.15, 0.2) is 43.1 Å². The number of hydrogen-bond acceptors (Lipinski definition) is 25. The second-order valence-corrected chi connectivity index (χ2v) is 21.9. The van der Waals surface area contributed by atoms with Crippen molar-refractivity contribution in [3.05, 3.63) is 43.1 Å². The number of hydroxylamine groups is 3. The number of carbonyl (C=O) groups excluding carboxylic acids is 7. The summed E-state index contributed by atoms with van der Waals surface area (Å²) in [7, 11) is 8.84. The number of nitrogens with one attached hydrogen (secondary N) is 2. The topological polar surface area (TPSA) is 416 Å². The predicted molar refractivity (Wildman–Crippen MR) is 441 cm³/mol. The van der Waals surface area contributed by atoms with Gasteiger partial charge < -0.3 is 48.6 Å². The van der Waals surface area contributed by atoms with Crippen LogP contribution in [-0.2, 0) is 87.5 Å². The molecule has 115 heavy (non-hydrogen) atoms. The number of halogens is 2. The number of aromatic nitrogens is 5. The molecule has 5 aliphatic carbocycles. The van der Waals surface area contributed by atoms with Gasteiger partial charge in [-0.2, -0.15) is 15.6 Å². The number of ketones is 1. The number of aliphatic carboxylic acids is 1. The van der Waals surface area contributed by atoms with E-state index >= 15 is 0 Å². The number of esters is 4. The van der Waals surface area contributed by atoms with Crippen molar-refractivity contribution in [2.24, 2.45) is 34.5 Å². The van der Waals surface area contributed by atoms with Gasteiger partial charge in [-0.3, -0.25) is 52.6 Å². The molecule has 5 fully saturated rings. The summed E-state index contributed by atoms with van der Waals surface area (Å²) in [6.45, 7) is 23.0. The standard InChI is InChI=1S/C15H17N5O2.C11H18O4.C8H15NO2.C8H11N.C6H10O3.C6H10O2.C6H10O.C4H8Br2.C4H9O.C4H10O.C2H2NO2P.C2H7NO.C2H5O.CH4.BH.K.Na.U/c1-15(2,3)14(21)22-9-20-5-4-11-12(10-6-18-19-7-10)16-8-17-13(11)20;1-3-14-9(12)11(7-5-6-8-11)10(13)15-4-2;1-9(11-2)8(10)7-5-3-4-6-7;9-7-3-6-8-4-1-2-5-8;1-3-9-6(8)4-5(2)7;7-6(8)5-3-1-2-4-5;7-5-6-3-1-2-4-6;5-3-1-2-4-6;1-4(2,3)5;1-3-5-4-2;3-1-2-5-6-4;1-3-4-2;1-2-3;;;;;/h4-8H,9H2,1-3H3,(H,18,19);3-8H2,1-2H3;7H,3-6H2,1-2H3;3,6,8H,1-2,4-5H2;3-4H2,1-2H3;5H,1-4H2,(H,7,8);5-6H,1-4H2;1-4H2;1-3H3;3-4H2,1-2H3;2H2;3H,1-2H3;2H2,1H3;1H4;1H;;;/q;;;;;;;;-1;;;;-1;;;2*+1;/i;5D2,6D2,7D2,8D2;3D2,4D2,5D2,6D2;1D2,2D2,4D2,5D2,8D;;1D2,2D2,3D2,4D2;1D2,2D2,3D2,4D2,6D;1D2,2D2,3D2,4D2;;;;;;;1D;;;. The number of nitrogens with zero attached hydrogens (tertiary/aromatic N) is 7. The number of hydrogen-bond donors (Lipinski definition) is 3. The van der Waals surface area contributed by atoms with Crippen molar-refractivity contribution >= 4 is 108 Å². The van der Waals surface area contributed by atoms with Crippen molar-refractivity contribution in [3.8, 4) is 23.4 Å². The van der Waals surface area contributed by atoms with E-state index in [-0.39, 0.29) is 177 Å². The van der Waals surface area contributed by atoms with E-state index in [1.165, 1.54) is 33.2 Å². The van der Waals surface area contributed by atoms with E-state index in [4.69, 9.17) is 100 Å². The number of rotatable bonds is 23. The van der Waals surface area contributed by atoms with Gasteiger partial charge >= 0.3 is 119 Å². The molecule has 0 saturated heterocycles. The largest absolute Gasteiger partial charge is 1.00 e. The fraction of sp³-hybridized carbons (Fsp3) is 0.734. The Kier molecular flexibility index (Phi) is 45.8. The van der Waals surface area contributed by atoms with Crippen LogP contribution in [0, 0.1) is 88.2 Å². The summed E-state index contributed by atoms with van der Waals surface area (Å²) in [5.74, 6) is -17.8. The van der Waals surface area contributed by atoms with Gasteiger partial charge in [0.2, 0.25) is 5.91 Å². The van der Waals surface area contributed by atoms with Crippen LogP contribution in [0.4, 0.5) is 0 Å². The minimum Gasteiger partial charge on any atom is -0.855 e. The molecule has 0 aliphatic heterocycles. The summed E-state index contributed by atoms with van der Waals surface area (Å²) < 4.78 is 417. The van der Waals surface area contributed by atoms with Crippen LogP contribution in [0.2, 0.25) is 0 Å². The Hall–Kier alpha value is -2.76. The second kappa shape index (κ2) is 89.0. The van der Waals surface area contributed by atoms with Crippen molar-refractivity contribution in [2.45, 2.75) is 256 Å². The van der Waals surface area contributed by atoms with E-state index in [9.17, 15) is 48.0 Å². The van der Waals surface area contributed by atoms with Crippen molar-refractivity contribution in [1.82, 2.24) is 35.3 Å². The van der Waals surface area contributed by atoms with E-state index < -0.39 is 229 Å². The first-order valence-corrected chi connectivity index (χ1v) is 34.1. The summed E-state index contributed by atoms with van der Waals surface area (Å²) in [5, 5.41) is 46.7. The van der Waals surface area contributed by atoms with Gasteiger partial charge in [0.15, 0.2) is 12.1 Å². The Labute approximate surface area is 868 Å². The van der Waals surface area contributed by atoms with E-state index in [1.807, 2.05) is 46.9 Å². The second-order valence-electron chi connectivity index (χ2n) is 20.7. The molecule has 8 rings (SSSR count). The average Bonchev–Trinajstić information content (AvgIpc) is 1.48. The molecule has 3 aromatic heterocycles. The van der Waals surface area contributed by atoms with Gasteiger partial charge in [0.25, 0.3) is 0 Å². The zero-order chi connectivity index (χ0) is 131.